The van der Waals surface area contributed by atoms with Gasteiger partial charge in [-0.15, -0.1) is 10.2 Å². The van der Waals surface area contributed by atoms with Crippen LogP contribution in [0.2, 0.25) is 0 Å². The molecule has 33 heavy (non-hydrogen) atoms. The van der Waals surface area contributed by atoms with Gasteiger partial charge in [0.15, 0.2) is 9.84 Å². The first-order valence-corrected chi connectivity index (χ1v) is 11.6. The van der Waals surface area contributed by atoms with E-state index in [9.17, 15) is 26.4 Å². The van der Waals surface area contributed by atoms with Crippen LogP contribution >= 0.6 is 0 Å². The van der Waals surface area contributed by atoms with E-state index < -0.39 is 34.0 Å². The Morgan fingerprint density at radius 2 is 1.79 bits per heavy atom. The highest BCUT2D eigenvalue weighted by molar-refractivity contribution is 7.91. The number of benzene rings is 1. The number of anilines is 1. The number of pyridine rings is 1. The molecule has 3 heterocycles. The molecule has 1 aliphatic rings. The van der Waals surface area contributed by atoms with Crippen molar-refractivity contribution in [1.82, 2.24) is 20.1 Å². The molecular formula is C20H18F3N5O4S. The van der Waals surface area contributed by atoms with Crippen LogP contribution in [0, 0.1) is 5.82 Å². The molecule has 0 N–H and O–H groups in total. The highest BCUT2D eigenvalue weighted by Gasteiger charge is 2.29. The number of sulfone groups is 1. The van der Waals surface area contributed by atoms with Crippen molar-refractivity contribution in [1.29, 1.82) is 0 Å². The van der Waals surface area contributed by atoms with Gasteiger partial charge in [-0.2, -0.15) is 8.78 Å². The van der Waals surface area contributed by atoms with Crippen LogP contribution in [0.4, 0.5) is 23.7 Å². The van der Waals surface area contributed by atoms with Gasteiger partial charge in [0.25, 0.3) is 5.89 Å². The maximum Gasteiger partial charge on any atom is 0.324 e. The largest absolute Gasteiger partial charge is 0.415 e. The maximum absolute atomic E-state index is 13.4. The van der Waals surface area contributed by atoms with E-state index in [2.05, 4.69) is 15.2 Å². The lowest BCUT2D eigenvalue weighted by Gasteiger charge is -2.32. The van der Waals surface area contributed by atoms with E-state index in [0.29, 0.717) is 16.9 Å². The molecule has 9 nitrogen and oxygen atoms in total. The van der Waals surface area contributed by atoms with Crippen molar-refractivity contribution in [3.63, 3.8) is 0 Å². The number of carbonyl (C=O) groups is 1. The molecule has 0 atom stereocenters. The average Bonchev–Trinajstić information content (AvgIpc) is 3.29. The van der Waals surface area contributed by atoms with E-state index in [1.54, 1.807) is 6.07 Å². The average molecular weight is 481 g/mol. The number of rotatable bonds is 5. The van der Waals surface area contributed by atoms with E-state index in [4.69, 9.17) is 4.42 Å². The molecule has 0 unspecified atom stereocenters. The predicted octanol–water partition coefficient (Wildman–Crippen LogP) is 3.07. The standard InChI is InChI=1S/C20H18F3N5O4S/c21-14-2-5-16(6-3-14)28(20(29)27-7-9-33(30,31)10-8-27)12-15-4-1-13(11-24-15)18-25-26-19(32-18)17(22)23/h1-6,11,17H,7-10,12H2. The van der Waals surface area contributed by atoms with Gasteiger partial charge in [0.1, 0.15) is 5.82 Å². The Balaban J connectivity index is 1.56. The molecule has 0 spiro atoms. The Bertz CT molecular complexity index is 1220. The van der Waals surface area contributed by atoms with Crippen LogP contribution in [0.5, 0.6) is 0 Å². The summed E-state index contributed by atoms with van der Waals surface area (Å²) in [5.41, 5.74) is 1.16. The van der Waals surface area contributed by atoms with E-state index in [-0.39, 0.29) is 37.0 Å². The van der Waals surface area contributed by atoms with Gasteiger partial charge in [-0.1, -0.05) is 0 Å². The summed E-state index contributed by atoms with van der Waals surface area (Å²) in [5.74, 6) is -1.65. The van der Waals surface area contributed by atoms with E-state index in [1.807, 2.05) is 0 Å². The van der Waals surface area contributed by atoms with Crippen LogP contribution in [0.25, 0.3) is 11.5 Å². The van der Waals surface area contributed by atoms with Crippen molar-refractivity contribution in [2.24, 2.45) is 0 Å². The van der Waals surface area contributed by atoms with Gasteiger partial charge in [0, 0.05) is 25.0 Å². The zero-order valence-electron chi connectivity index (χ0n) is 17.1. The molecule has 0 bridgehead atoms. The third-order valence-electron chi connectivity index (χ3n) is 5.00. The fourth-order valence-electron chi connectivity index (χ4n) is 3.21. The highest BCUT2D eigenvalue weighted by atomic mass is 32.2. The summed E-state index contributed by atoms with van der Waals surface area (Å²) in [7, 11) is -3.18. The number of urea groups is 1. The van der Waals surface area contributed by atoms with E-state index >= 15 is 0 Å². The number of carbonyl (C=O) groups excluding carboxylic acids is 1. The van der Waals surface area contributed by atoms with Crippen LogP contribution < -0.4 is 4.90 Å². The number of nitrogens with zero attached hydrogens (tertiary/aromatic N) is 5. The minimum Gasteiger partial charge on any atom is -0.415 e. The van der Waals surface area contributed by atoms with Gasteiger partial charge in [0.2, 0.25) is 5.89 Å². The van der Waals surface area contributed by atoms with Gasteiger partial charge < -0.3 is 9.32 Å². The van der Waals surface area contributed by atoms with Crippen LogP contribution in [0.3, 0.4) is 0 Å². The topological polar surface area (TPSA) is 110 Å². The summed E-state index contributed by atoms with van der Waals surface area (Å²) in [6, 6.07) is 7.95. The summed E-state index contributed by atoms with van der Waals surface area (Å²) in [4.78, 5) is 20.2. The van der Waals surface area contributed by atoms with Crippen LogP contribution in [0.15, 0.2) is 47.0 Å². The van der Waals surface area contributed by atoms with E-state index in [0.717, 1.165) is 0 Å². The SMILES string of the molecule is O=C(N1CCS(=O)(=O)CC1)N(Cc1ccc(-c2nnc(C(F)F)o2)cn1)c1ccc(F)cc1. The molecule has 0 aliphatic carbocycles. The lowest BCUT2D eigenvalue weighted by atomic mass is 10.2. The van der Waals surface area contributed by atoms with Crippen molar-refractivity contribution >= 4 is 21.6 Å². The second-order valence-corrected chi connectivity index (χ2v) is 9.57. The van der Waals surface area contributed by atoms with Crippen molar-refractivity contribution in [3.8, 4) is 11.5 Å². The third kappa shape index (κ3) is 5.30. The van der Waals surface area contributed by atoms with Crippen molar-refractivity contribution in [3.05, 3.63) is 60.0 Å². The maximum atomic E-state index is 13.4. The van der Waals surface area contributed by atoms with Crippen molar-refractivity contribution in [2.75, 3.05) is 29.5 Å². The molecular weight excluding hydrogens is 463 g/mol. The molecule has 13 heteroatoms. The van der Waals surface area contributed by atoms with Gasteiger partial charge in [0.05, 0.1) is 29.3 Å². The van der Waals surface area contributed by atoms with E-state index in [1.165, 1.54) is 46.3 Å². The summed E-state index contributed by atoms with van der Waals surface area (Å²) in [6.07, 6.45) is -1.54. The van der Waals surface area contributed by atoms with Crippen LogP contribution in [-0.4, -0.2) is 59.1 Å². The van der Waals surface area contributed by atoms with Gasteiger partial charge >= 0.3 is 12.5 Å². The molecule has 2 amide bonds. The van der Waals surface area contributed by atoms with Crippen LogP contribution in [-0.2, 0) is 16.4 Å². The Labute approximate surface area is 186 Å². The first kappa shape index (κ1) is 22.7. The fraction of sp³-hybridized carbons (Fsp3) is 0.300. The third-order valence-corrected chi connectivity index (χ3v) is 6.61. The summed E-state index contributed by atoms with van der Waals surface area (Å²) < 4.78 is 67.0. The normalized spacial score (nSPS) is 15.6. The minimum atomic E-state index is -3.18. The molecule has 2 aromatic heterocycles. The second kappa shape index (κ2) is 9.17. The predicted molar refractivity (Wildman–Crippen MR) is 111 cm³/mol. The minimum absolute atomic E-state index is 0.000112. The molecule has 1 aliphatic heterocycles. The highest BCUT2D eigenvalue weighted by Crippen LogP contribution is 2.24. The summed E-state index contributed by atoms with van der Waals surface area (Å²) >= 11 is 0. The van der Waals surface area contributed by atoms with Crippen molar-refractivity contribution in [2.45, 2.75) is 13.0 Å². The number of hydrogen-bond acceptors (Lipinski definition) is 7. The molecule has 174 valence electrons. The number of amides is 2. The lowest BCUT2D eigenvalue weighted by molar-refractivity contribution is 0.116. The molecule has 4 rings (SSSR count). The molecule has 1 fully saturated rings. The van der Waals surface area contributed by atoms with Crippen LogP contribution in [0.1, 0.15) is 18.0 Å². The smallest absolute Gasteiger partial charge is 0.324 e. The first-order chi connectivity index (χ1) is 15.7. The lowest BCUT2D eigenvalue weighted by Crippen LogP contribution is -2.49. The number of aromatic nitrogens is 3. The molecule has 0 saturated carbocycles. The van der Waals surface area contributed by atoms with Gasteiger partial charge in [-0.25, -0.2) is 17.6 Å². The number of halogens is 3. The molecule has 1 aromatic carbocycles. The molecule has 0 radical (unpaired) electrons. The Kier molecular flexibility index (Phi) is 6.31. The zero-order chi connectivity index (χ0) is 23.6. The Hall–Kier alpha value is -3.48. The van der Waals surface area contributed by atoms with Gasteiger partial charge in [-0.05, 0) is 36.4 Å². The number of alkyl halides is 2. The summed E-state index contributed by atoms with van der Waals surface area (Å²) in [6.45, 7) is 0.101. The zero-order valence-corrected chi connectivity index (χ0v) is 17.9. The second-order valence-electron chi connectivity index (χ2n) is 7.27. The fourth-order valence-corrected chi connectivity index (χ4v) is 4.41. The number of hydrogen-bond donors (Lipinski definition) is 0. The molecule has 1 saturated heterocycles. The molecule has 3 aromatic rings. The first-order valence-electron chi connectivity index (χ1n) is 9.81. The summed E-state index contributed by atoms with van der Waals surface area (Å²) in [5, 5.41) is 6.83. The quantitative estimate of drug-likeness (QED) is 0.551. The monoisotopic (exact) mass is 481 g/mol. The van der Waals surface area contributed by atoms with Gasteiger partial charge in [-0.3, -0.25) is 9.88 Å². The Morgan fingerprint density at radius 1 is 1.09 bits per heavy atom. The van der Waals surface area contributed by atoms with Crippen molar-refractivity contribution < 1.29 is 30.8 Å². The Morgan fingerprint density at radius 3 is 2.36 bits per heavy atom.